The number of hydrogen-bond acceptors (Lipinski definition) is 7. The largest absolute Gasteiger partial charge is 0.508 e. The first-order valence-corrected chi connectivity index (χ1v) is 22.9. The molecule has 0 bridgehead atoms. The Hall–Kier alpha value is -6.94. The molecule has 66 heavy (non-hydrogen) atoms. The summed E-state index contributed by atoms with van der Waals surface area (Å²) in [6.07, 6.45) is 2.61. The van der Waals surface area contributed by atoms with Gasteiger partial charge in [0.05, 0.1) is 30.9 Å². The van der Waals surface area contributed by atoms with Gasteiger partial charge in [0, 0.05) is 93.3 Å². The van der Waals surface area contributed by atoms with Crippen molar-refractivity contribution < 1.29 is 24.2 Å². The van der Waals surface area contributed by atoms with Crippen LogP contribution in [0.15, 0.2) is 97.1 Å². The van der Waals surface area contributed by atoms with Crippen LogP contribution in [0.1, 0.15) is 78.1 Å². The number of nitrogens with zero attached hydrogens (tertiary/aromatic N) is 7. The van der Waals surface area contributed by atoms with E-state index < -0.39 is 0 Å². The third-order valence-corrected chi connectivity index (χ3v) is 14.1. The number of amides is 3. The Labute approximate surface area is 386 Å². The Bertz CT molecular complexity index is 2860. The number of morpholine rings is 1. The van der Waals surface area contributed by atoms with E-state index in [0.717, 1.165) is 79.2 Å². The Morgan fingerprint density at radius 1 is 0.788 bits per heavy atom. The summed E-state index contributed by atoms with van der Waals surface area (Å²) < 4.78 is 9.22. The molecule has 0 radical (unpaired) electrons. The van der Waals surface area contributed by atoms with Crippen LogP contribution in [0.4, 0.5) is 11.4 Å². The average Bonchev–Trinajstić information content (AvgIpc) is 3.79. The molecule has 12 heteroatoms. The number of anilines is 2. The van der Waals surface area contributed by atoms with Crippen LogP contribution in [0, 0.1) is 25.2 Å². The van der Waals surface area contributed by atoms with Crippen LogP contribution in [0.3, 0.4) is 0 Å². The molecule has 5 heterocycles. The molecule has 1 saturated heterocycles. The van der Waals surface area contributed by atoms with Gasteiger partial charge in [0.1, 0.15) is 17.5 Å². The molecule has 1 fully saturated rings. The Kier molecular flexibility index (Phi) is 12.4. The van der Waals surface area contributed by atoms with E-state index in [-0.39, 0.29) is 29.5 Å². The van der Waals surface area contributed by atoms with Gasteiger partial charge in [-0.2, -0.15) is 5.26 Å². The third kappa shape index (κ3) is 8.64. The molecule has 12 nitrogen and oxygen atoms in total. The zero-order chi connectivity index (χ0) is 46.2. The Morgan fingerprint density at radius 3 is 2.21 bits per heavy atom. The lowest BCUT2D eigenvalue weighted by molar-refractivity contribution is -0.131. The highest BCUT2D eigenvalue weighted by Gasteiger charge is 2.33. The second kappa shape index (κ2) is 18.5. The zero-order valence-corrected chi connectivity index (χ0v) is 38.5. The van der Waals surface area contributed by atoms with Crippen molar-refractivity contribution in [2.45, 2.75) is 65.6 Å². The maximum absolute atomic E-state index is 15.2. The topological polar surface area (TPSA) is 127 Å². The van der Waals surface area contributed by atoms with Gasteiger partial charge in [-0.3, -0.25) is 24.2 Å². The summed E-state index contributed by atoms with van der Waals surface area (Å²) >= 11 is 0. The quantitative estimate of drug-likeness (QED) is 0.149. The fourth-order valence-corrected chi connectivity index (χ4v) is 9.82. The van der Waals surface area contributed by atoms with Gasteiger partial charge in [0.15, 0.2) is 0 Å². The third-order valence-electron chi connectivity index (χ3n) is 14.1. The molecule has 4 aromatic carbocycles. The number of aromatic nitrogens is 2. The van der Waals surface area contributed by atoms with Crippen molar-refractivity contribution in [2.75, 3.05) is 44.3 Å². The van der Waals surface area contributed by atoms with Crippen LogP contribution in [-0.4, -0.2) is 92.1 Å². The van der Waals surface area contributed by atoms with Crippen LogP contribution in [0.2, 0.25) is 0 Å². The molecule has 3 amide bonds. The number of nitriles is 1. The standard InChI is InChI=1S/C54H57N7O5/c1-35-26-40-8-6-7-9-42(40)34-60(35)53(64)49-29-43-33-59(52(63)27-39-12-10-38(11-13-39)18-20-58-22-24-66-25-23-58)21-19-41(43)28-48(49)51-31-47(36(2)57(51)5)54(65)61(44-14-16-46(62)17-15-44)50-30-45(32-55)56(4)37(50)3/h6-17,28-31,35,62H,18-27,33-34H2,1-5H3/t35-/m1/s1. The van der Waals surface area contributed by atoms with Crippen molar-refractivity contribution in [1.82, 2.24) is 23.8 Å². The number of phenolic OH excluding ortho intramolecular Hbond substituents is 1. The smallest absolute Gasteiger partial charge is 0.264 e. The number of ether oxygens (including phenoxy) is 1. The van der Waals surface area contributed by atoms with Gasteiger partial charge >= 0.3 is 0 Å². The molecule has 1 atom stereocenters. The molecule has 1 N–H and O–H groups in total. The predicted molar refractivity (Wildman–Crippen MR) is 255 cm³/mol. The lowest BCUT2D eigenvalue weighted by atomic mass is 9.89. The molecular weight excluding hydrogens is 827 g/mol. The van der Waals surface area contributed by atoms with E-state index in [4.69, 9.17) is 4.74 Å². The van der Waals surface area contributed by atoms with Gasteiger partial charge in [0.25, 0.3) is 11.8 Å². The van der Waals surface area contributed by atoms with E-state index in [9.17, 15) is 15.2 Å². The van der Waals surface area contributed by atoms with Crippen molar-refractivity contribution in [3.05, 3.63) is 159 Å². The molecule has 3 aliphatic heterocycles. The van der Waals surface area contributed by atoms with Gasteiger partial charge in [-0.25, -0.2) is 0 Å². The highest BCUT2D eigenvalue weighted by molar-refractivity contribution is 6.13. The Morgan fingerprint density at radius 2 is 1.50 bits per heavy atom. The Balaban J connectivity index is 1.04. The van der Waals surface area contributed by atoms with Crippen LogP contribution >= 0.6 is 0 Å². The molecule has 6 aromatic rings. The number of fused-ring (bicyclic) bond motifs is 2. The van der Waals surface area contributed by atoms with Gasteiger partial charge in [-0.15, -0.1) is 0 Å². The van der Waals surface area contributed by atoms with Crippen molar-refractivity contribution in [2.24, 2.45) is 14.1 Å². The second-order valence-electron chi connectivity index (χ2n) is 18.1. The van der Waals surface area contributed by atoms with Crippen molar-refractivity contribution in [1.29, 1.82) is 5.26 Å². The van der Waals surface area contributed by atoms with E-state index in [0.29, 0.717) is 72.1 Å². The highest BCUT2D eigenvalue weighted by Crippen LogP contribution is 2.38. The van der Waals surface area contributed by atoms with Gasteiger partial charge in [-0.1, -0.05) is 48.5 Å². The summed E-state index contributed by atoms with van der Waals surface area (Å²) in [5.41, 5.74) is 11.9. The van der Waals surface area contributed by atoms with Crippen molar-refractivity contribution >= 4 is 29.1 Å². The molecule has 2 aromatic heterocycles. The minimum absolute atomic E-state index is 0.0508. The molecule has 9 rings (SSSR count). The van der Waals surface area contributed by atoms with E-state index in [1.165, 1.54) is 23.3 Å². The van der Waals surface area contributed by atoms with Crippen molar-refractivity contribution in [3.63, 3.8) is 0 Å². The maximum atomic E-state index is 15.2. The van der Waals surface area contributed by atoms with Crippen LogP contribution in [0.25, 0.3) is 11.3 Å². The highest BCUT2D eigenvalue weighted by atomic mass is 16.5. The minimum atomic E-state index is -0.317. The first-order valence-electron chi connectivity index (χ1n) is 22.9. The number of carbonyl (C=O) groups excluding carboxylic acids is 3. The molecule has 0 saturated carbocycles. The molecule has 0 aliphatic carbocycles. The van der Waals surface area contributed by atoms with Crippen LogP contribution in [0.5, 0.6) is 5.75 Å². The number of aromatic hydroxyl groups is 1. The molecule has 338 valence electrons. The summed E-state index contributed by atoms with van der Waals surface area (Å²) in [7, 11) is 3.71. The van der Waals surface area contributed by atoms with Crippen molar-refractivity contribution in [3.8, 4) is 23.1 Å². The lowest BCUT2D eigenvalue weighted by Crippen LogP contribution is -2.43. The van der Waals surface area contributed by atoms with Crippen LogP contribution < -0.4 is 4.90 Å². The van der Waals surface area contributed by atoms with Crippen LogP contribution in [-0.2, 0) is 62.4 Å². The lowest BCUT2D eigenvalue weighted by Gasteiger charge is -2.36. The first kappa shape index (κ1) is 44.3. The summed E-state index contributed by atoms with van der Waals surface area (Å²) in [6.45, 7) is 11.8. The number of benzene rings is 4. The normalized spacial score (nSPS) is 16.1. The zero-order valence-electron chi connectivity index (χ0n) is 38.5. The summed E-state index contributed by atoms with van der Waals surface area (Å²) in [5, 5.41) is 20.1. The van der Waals surface area contributed by atoms with Gasteiger partial charge < -0.3 is 28.8 Å². The second-order valence-corrected chi connectivity index (χ2v) is 18.1. The number of hydrogen-bond donors (Lipinski definition) is 1. The van der Waals surface area contributed by atoms with E-state index in [1.54, 1.807) is 34.7 Å². The molecular formula is C54H57N7O5. The number of rotatable bonds is 10. The number of carbonyl (C=O) groups is 3. The minimum Gasteiger partial charge on any atom is -0.508 e. The molecule has 0 spiro atoms. The fourth-order valence-electron chi connectivity index (χ4n) is 9.82. The van der Waals surface area contributed by atoms with Gasteiger partial charge in [0.2, 0.25) is 5.91 Å². The summed E-state index contributed by atoms with van der Waals surface area (Å²) in [5.74, 6) is -0.304. The fraction of sp³-hybridized carbons (Fsp3) is 0.333. The first-order chi connectivity index (χ1) is 31.9. The monoisotopic (exact) mass is 883 g/mol. The predicted octanol–water partition coefficient (Wildman–Crippen LogP) is 7.79. The summed E-state index contributed by atoms with van der Waals surface area (Å²) in [6, 6.07) is 33.0. The van der Waals surface area contributed by atoms with E-state index in [1.807, 2.05) is 59.5 Å². The van der Waals surface area contributed by atoms with E-state index in [2.05, 4.69) is 60.4 Å². The molecule has 0 unspecified atom stereocenters. The number of phenols is 1. The van der Waals surface area contributed by atoms with Gasteiger partial charge in [-0.05, 0) is 122 Å². The maximum Gasteiger partial charge on any atom is 0.264 e. The van der Waals surface area contributed by atoms with E-state index >= 15 is 9.59 Å². The average molecular weight is 884 g/mol. The SMILES string of the molecule is Cc1c(N(C(=O)c2cc(-c3cc4c(cc3C(=O)N3Cc5ccccc5C[C@H]3C)CN(C(=O)Cc3ccc(CCN5CCOCC5)cc3)CC4)n(C)c2C)c2ccc(O)cc2)cc(C#N)n1C. The summed E-state index contributed by atoms with van der Waals surface area (Å²) in [4.78, 5) is 52.0. The molecule has 3 aliphatic rings.